The van der Waals surface area contributed by atoms with Gasteiger partial charge in [-0.15, -0.1) is 0 Å². The van der Waals surface area contributed by atoms with Crippen molar-refractivity contribution in [1.29, 1.82) is 0 Å². The first-order valence-electron chi connectivity index (χ1n) is 8.00. The lowest BCUT2D eigenvalue weighted by Gasteiger charge is -2.11. The van der Waals surface area contributed by atoms with Crippen LogP contribution in [0.5, 0.6) is 5.75 Å². The summed E-state index contributed by atoms with van der Waals surface area (Å²) in [6, 6.07) is 13.7. The number of benzene rings is 2. The highest BCUT2D eigenvalue weighted by atomic mass is 16.5. The molecule has 5 heteroatoms. The molecule has 1 N–H and O–H groups in total. The Kier molecular flexibility index (Phi) is 3.82. The zero-order chi connectivity index (χ0) is 17.2. The Morgan fingerprint density at radius 3 is 2.60 bits per heavy atom. The standard InChI is InChI=1S/C20H17N3O2/c1-14-10-15(2-3-17(14)12-23-8-7-21-13-23)16-4-5-18(20(24)11-16)19-6-9-25-22-19/h2-11,13,24H,12H2,1H3. The van der Waals surface area contributed by atoms with E-state index in [1.165, 1.54) is 17.4 Å². The van der Waals surface area contributed by atoms with Gasteiger partial charge in [-0.25, -0.2) is 4.98 Å². The van der Waals surface area contributed by atoms with Gasteiger partial charge in [0.15, 0.2) is 0 Å². The van der Waals surface area contributed by atoms with Crippen LogP contribution in [0.3, 0.4) is 0 Å². The van der Waals surface area contributed by atoms with E-state index >= 15 is 0 Å². The van der Waals surface area contributed by atoms with Gasteiger partial charge in [-0.1, -0.05) is 29.4 Å². The number of hydrogen-bond acceptors (Lipinski definition) is 4. The molecular weight excluding hydrogens is 314 g/mol. The lowest BCUT2D eigenvalue weighted by atomic mass is 9.98. The van der Waals surface area contributed by atoms with E-state index in [1.54, 1.807) is 18.3 Å². The average Bonchev–Trinajstić information content (AvgIpc) is 3.30. The smallest absolute Gasteiger partial charge is 0.125 e. The number of rotatable bonds is 4. The van der Waals surface area contributed by atoms with Crippen molar-refractivity contribution in [1.82, 2.24) is 14.7 Å². The molecular formula is C20H17N3O2. The Morgan fingerprint density at radius 2 is 1.92 bits per heavy atom. The van der Waals surface area contributed by atoms with Crippen molar-refractivity contribution in [3.8, 4) is 28.1 Å². The molecule has 25 heavy (non-hydrogen) atoms. The van der Waals surface area contributed by atoms with E-state index in [0.29, 0.717) is 11.3 Å². The van der Waals surface area contributed by atoms with Gasteiger partial charge >= 0.3 is 0 Å². The first-order chi connectivity index (χ1) is 12.2. The summed E-state index contributed by atoms with van der Waals surface area (Å²) in [5, 5.41) is 14.2. The normalized spacial score (nSPS) is 10.9. The molecule has 0 saturated heterocycles. The molecule has 2 heterocycles. The molecule has 124 valence electrons. The minimum atomic E-state index is 0.187. The molecule has 0 radical (unpaired) electrons. The number of aryl methyl sites for hydroxylation is 1. The maximum Gasteiger partial charge on any atom is 0.125 e. The third kappa shape index (κ3) is 3.04. The molecule has 0 aliphatic heterocycles. The molecule has 0 aliphatic carbocycles. The number of imidazole rings is 1. The van der Waals surface area contributed by atoms with Crippen molar-refractivity contribution in [2.45, 2.75) is 13.5 Å². The van der Waals surface area contributed by atoms with Gasteiger partial charge in [-0.3, -0.25) is 0 Å². The summed E-state index contributed by atoms with van der Waals surface area (Å²) < 4.78 is 6.89. The van der Waals surface area contributed by atoms with Crippen molar-refractivity contribution in [3.05, 3.63) is 78.6 Å². The van der Waals surface area contributed by atoms with Crippen LogP contribution in [-0.2, 0) is 6.54 Å². The Labute approximate surface area is 145 Å². The van der Waals surface area contributed by atoms with Gasteiger partial charge in [0.05, 0.1) is 6.33 Å². The number of nitrogens with zero attached hydrogens (tertiary/aromatic N) is 3. The van der Waals surface area contributed by atoms with Crippen LogP contribution < -0.4 is 0 Å². The number of phenols is 1. The summed E-state index contributed by atoms with van der Waals surface area (Å²) in [7, 11) is 0. The quantitative estimate of drug-likeness (QED) is 0.606. The molecule has 0 bridgehead atoms. The van der Waals surface area contributed by atoms with Crippen LogP contribution in [0.15, 0.2) is 72.0 Å². The monoisotopic (exact) mass is 331 g/mol. The second-order valence-corrected chi connectivity index (χ2v) is 5.99. The fourth-order valence-electron chi connectivity index (χ4n) is 2.91. The van der Waals surface area contributed by atoms with Crippen LogP contribution in [0.1, 0.15) is 11.1 Å². The van der Waals surface area contributed by atoms with E-state index < -0.39 is 0 Å². The van der Waals surface area contributed by atoms with Gasteiger partial charge in [0.1, 0.15) is 17.7 Å². The first-order valence-corrected chi connectivity index (χ1v) is 8.00. The predicted octanol–water partition coefficient (Wildman–Crippen LogP) is 4.27. The zero-order valence-electron chi connectivity index (χ0n) is 13.8. The fourth-order valence-corrected chi connectivity index (χ4v) is 2.91. The zero-order valence-corrected chi connectivity index (χ0v) is 13.8. The molecule has 0 amide bonds. The Hall–Kier alpha value is -3.34. The van der Waals surface area contributed by atoms with Gasteiger partial charge < -0.3 is 14.2 Å². The summed E-state index contributed by atoms with van der Waals surface area (Å²) in [4.78, 5) is 4.08. The number of phenolic OH excluding ortho intramolecular Hbond substituents is 1. The van der Waals surface area contributed by atoms with Crippen LogP contribution in [-0.4, -0.2) is 19.8 Å². The summed E-state index contributed by atoms with van der Waals surface area (Å²) in [6.07, 6.45) is 7.04. The van der Waals surface area contributed by atoms with Crippen LogP contribution in [0.25, 0.3) is 22.4 Å². The van der Waals surface area contributed by atoms with Gasteiger partial charge in [-0.05, 0) is 41.3 Å². The van der Waals surface area contributed by atoms with Crippen LogP contribution in [0.4, 0.5) is 0 Å². The highest BCUT2D eigenvalue weighted by Crippen LogP contribution is 2.33. The van der Waals surface area contributed by atoms with E-state index in [1.807, 2.05) is 29.2 Å². The second-order valence-electron chi connectivity index (χ2n) is 5.99. The summed E-state index contributed by atoms with van der Waals surface area (Å²) in [5.74, 6) is 0.187. The maximum atomic E-state index is 10.3. The van der Waals surface area contributed by atoms with Gasteiger partial charge in [0, 0.05) is 30.6 Å². The lowest BCUT2D eigenvalue weighted by molar-refractivity contribution is 0.421. The molecule has 2 aromatic carbocycles. The van der Waals surface area contributed by atoms with Crippen LogP contribution in [0.2, 0.25) is 0 Å². The average molecular weight is 331 g/mol. The molecule has 4 rings (SSSR count). The molecule has 0 fully saturated rings. The highest BCUT2D eigenvalue weighted by molar-refractivity contribution is 5.74. The van der Waals surface area contributed by atoms with Crippen molar-refractivity contribution in [2.24, 2.45) is 0 Å². The Morgan fingerprint density at radius 1 is 1.08 bits per heavy atom. The van der Waals surface area contributed by atoms with E-state index in [2.05, 4.69) is 35.3 Å². The van der Waals surface area contributed by atoms with E-state index in [-0.39, 0.29) is 5.75 Å². The predicted molar refractivity (Wildman–Crippen MR) is 95.1 cm³/mol. The molecule has 4 aromatic rings. The summed E-state index contributed by atoms with van der Waals surface area (Å²) in [6.45, 7) is 2.89. The Balaban J connectivity index is 1.63. The molecule has 0 unspecified atom stereocenters. The second kappa shape index (κ2) is 6.28. The topological polar surface area (TPSA) is 64.1 Å². The van der Waals surface area contributed by atoms with Crippen LogP contribution >= 0.6 is 0 Å². The first kappa shape index (κ1) is 15.2. The highest BCUT2D eigenvalue weighted by Gasteiger charge is 2.10. The number of hydrogen-bond donors (Lipinski definition) is 1. The molecule has 0 atom stereocenters. The number of aromatic hydroxyl groups is 1. The minimum absolute atomic E-state index is 0.187. The van der Waals surface area contributed by atoms with Crippen molar-refractivity contribution in [2.75, 3.05) is 0 Å². The van der Waals surface area contributed by atoms with E-state index in [4.69, 9.17) is 4.52 Å². The largest absolute Gasteiger partial charge is 0.507 e. The minimum Gasteiger partial charge on any atom is -0.507 e. The van der Waals surface area contributed by atoms with Gasteiger partial charge in [0.2, 0.25) is 0 Å². The Bertz CT molecular complexity index is 990. The molecule has 0 spiro atoms. The lowest BCUT2D eigenvalue weighted by Crippen LogP contribution is -1.99. The van der Waals surface area contributed by atoms with Crippen molar-refractivity contribution < 1.29 is 9.63 Å². The van der Waals surface area contributed by atoms with E-state index in [0.717, 1.165) is 17.7 Å². The fraction of sp³-hybridized carbons (Fsp3) is 0.100. The summed E-state index contributed by atoms with van der Waals surface area (Å²) in [5.41, 5.74) is 5.74. The third-order valence-electron chi connectivity index (χ3n) is 4.30. The summed E-state index contributed by atoms with van der Waals surface area (Å²) >= 11 is 0. The van der Waals surface area contributed by atoms with E-state index in [9.17, 15) is 5.11 Å². The SMILES string of the molecule is Cc1cc(-c2ccc(-c3ccon3)c(O)c2)ccc1Cn1ccnc1. The third-order valence-corrected chi connectivity index (χ3v) is 4.30. The van der Waals surface area contributed by atoms with Crippen molar-refractivity contribution in [3.63, 3.8) is 0 Å². The molecule has 0 saturated carbocycles. The van der Waals surface area contributed by atoms with Crippen molar-refractivity contribution >= 4 is 0 Å². The maximum absolute atomic E-state index is 10.3. The molecule has 0 aliphatic rings. The molecule has 5 nitrogen and oxygen atoms in total. The number of aromatic nitrogens is 3. The van der Waals surface area contributed by atoms with Gasteiger partial charge in [0.25, 0.3) is 0 Å². The van der Waals surface area contributed by atoms with Crippen LogP contribution in [0, 0.1) is 6.92 Å². The van der Waals surface area contributed by atoms with Gasteiger partial charge in [-0.2, -0.15) is 0 Å². The molecule has 2 aromatic heterocycles.